The van der Waals surface area contributed by atoms with E-state index in [1.54, 1.807) is 38.5 Å². The highest BCUT2D eigenvalue weighted by Gasteiger charge is 2.29. The van der Waals surface area contributed by atoms with Gasteiger partial charge in [0.1, 0.15) is 0 Å². The van der Waals surface area contributed by atoms with E-state index in [1.807, 2.05) is 0 Å². The van der Waals surface area contributed by atoms with Crippen LogP contribution in [0.25, 0.3) is 0 Å². The maximum absolute atomic E-state index is 2.60. The van der Waals surface area contributed by atoms with E-state index in [2.05, 4.69) is 34.6 Å². The van der Waals surface area contributed by atoms with E-state index in [-0.39, 0.29) is 0 Å². The van der Waals surface area contributed by atoms with E-state index >= 15 is 0 Å². The quantitative estimate of drug-likeness (QED) is 0.194. The summed E-state index contributed by atoms with van der Waals surface area (Å²) >= 11 is 0. The molecule has 0 N–H and O–H groups in total. The van der Waals surface area contributed by atoms with Crippen LogP contribution < -0.4 is 0 Å². The van der Waals surface area contributed by atoms with Gasteiger partial charge in [0.15, 0.2) is 0 Å². The minimum Gasteiger partial charge on any atom is -0.0628 e. The molecule has 2 aliphatic rings. The van der Waals surface area contributed by atoms with Crippen molar-refractivity contribution in [1.29, 1.82) is 0 Å². The fourth-order valence-electron chi connectivity index (χ4n) is 6.05. The molecule has 2 saturated carbocycles. The van der Waals surface area contributed by atoms with Gasteiger partial charge in [0, 0.05) is 0 Å². The van der Waals surface area contributed by atoms with Crippen LogP contribution in [0.4, 0.5) is 0 Å². The molecule has 0 heterocycles. The maximum Gasteiger partial charge on any atom is -0.0383 e. The average Bonchev–Trinajstić information content (AvgIpc) is 2.62. The minimum atomic E-state index is 0.882. The molecule has 3 unspecified atom stereocenters. The summed E-state index contributed by atoms with van der Waals surface area (Å²) in [5.41, 5.74) is 0. The highest BCUT2D eigenvalue weighted by molar-refractivity contribution is 4.81. The molecule has 0 radical (unpaired) electrons. The maximum atomic E-state index is 2.60. The second kappa shape index (κ2) is 14.9. The zero-order chi connectivity index (χ0) is 21.8. The number of hydrogen-bond acceptors (Lipinski definition) is 0. The van der Waals surface area contributed by atoms with Gasteiger partial charge in [-0.1, -0.05) is 137 Å². The van der Waals surface area contributed by atoms with Gasteiger partial charge >= 0.3 is 0 Å². The first-order chi connectivity index (χ1) is 14.4. The van der Waals surface area contributed by atoms with Crippen molar-refractivity contribution in [2.24, 2.45) is 41.4 Å². The van der Waals surface area contributed by atoms with Crippen molar-refractivity contribution in [3.8, 4) is 0 Å². The summed E-state index contributed by atoms with van der Waals surface area (Å²) in [5, 5.41) is 0. The minimum absolute atomic E-state index is 0.882. The molecule has 0 aromatic rings. The lowest BCUT2D eigenvalue weighted by Crippen LogP contribution is -2.25. The Morgan fingerprint density at radius 3 is 1.37 bits per heavy atom. The fourth-order valence-corrected chi connectivity index (χ4v) is 6.05. The monoisotopic (exact) mass is 418 g/mol. The molecule has 0 heteroatoms. The summed E-state index contributed by atoms with van der Waals surface area (Å²) in [6, 6.07) is 0. The van der Waals surface area contributed by atoms with Gasteiger partial charge in [-0.3, -0.25) is 0 Å². The molecule has 0 nitrogen and oxygen atoms in total. The highest BCUT2D eigenvalue weighted by atomic mass is 14.3. The van der Waals surface area contributed by atoms with Crippen LogP contribution >= 0.6 is 0 Å². The van der Waals surface area contributed by atoms with Gasteiger partial charge in [0.25, 0.3) is 0 Å². The van der Waals surface area contributed by atoms with Crippen LogP contribution in [0.15, 0.2) is 0 Å². The van der Waals surface area contributed by atoms with E-state index in [9.17, 15) is 0 Å². The average molecular weight is 419 g/mol. The molecule has 0 aromatic heterocycles. The topological polar surface area (TPSA) is 0 Å². The fraction of sp³-hybridized carbons (Fsp3) is 1.00. The molecule has 0 saturated heterocycles. The molecule has 2 aliphatic carbocycles. The van der Waals surface area contributed by atoms with Crippen LogP contribution in [-0.2, 0) is 0 Å². The Kier molecular flexibility index (Phi) is 13.1. The van der Waals surface area contributed by atoms with Gasteiger partial charge in [-0.05, 0) is 54.3 Å². The molecule has 0 spiro atoms. The van der Waals surface area contributed by atoms with Crippen LogP contribution in [-0.4, -0.2) is 0 Å². The van der Waals surface area contributed by atoms with E-state index in [1.165, 1.54) is 77.0 Å². The van der Waals surface area contributed by atoms with Crippen LogP contribution in [0.5, 0.6) is 0 Å². The SMILES string of the molecule is CC(C)CCCC(C)CCCCC(C)CCCC(C)C(CC1CCC1)CC1CCC1. The Hall–Kier alpha value is 0. The summed E-state index contributed by atoms with van der Waals surface area (Å²) in [5.74, 6) is 7.01. The third-order valence-electron chi connectivity index (χ3n) is 9.01. The van der Waals surface area contributed by atoms with Gasteiger partial charge in [-0.15, -0.1) is 0 Å². The predicted molar refractivity (Wildman–Crippen MR) is 136 cm³/mol. The lowest BCUT2D eigenvalue weighted by atomic mass is 9.69. The molecular formula is C30H58. The molecule has 2 fully saturated rings. The number of hydrogen-bond donors (Lipinski definition) is 0. The molecule has 3 atom stereocenters. The molecule has 0 amide bonds. The Morgan fingerprint density at radius 2 is 0.967 bits per heavy atom. The summed E-state index contributed by atoms with van der Waals surface area (Å²) in [7, 11) is 0. The van der Waals surface area contributed by atoms with E-state index < -0.39 is 0 Å². The summed E-state index contributed by atoms with van der Waals surface area (Å²) in [4.78, 5) is 0. The van der Waals surface area contributed by atoms with Crippen molar-refractivity contribution in [2.75, 3.05) is 0 Å². The van der Waals surface area contributed by atoms with E-state index in [4.69, 9.17) is 0 Å². The van der Waals surface area contributed by atoms with Crippen LogP contribution in [0.1, 0.15) is 150 Å². The summed E-state index contributed by atoms with van der Waals surface area (Å²) in [6.07, 6.45) is 27.0. The summed E-state index contributed by atoms with van der Waals surface area (Å²) in [6.45, 7) is 12.3. The van der Waals surface area contributed by atoms with Crippen LogP contribution in [0.3, 0.4) is 0 Å². The van der Waals surface area contributed by atoms with Gasteiger partial charge in [0.05, 0.1) is 0 Å². The normalized spacial score (nSPS) is 20.9. The van der Waals surface area contributed by atoms with Crippen LogP contribution in [0.2, 0.25) is 0 Å². The third kappa shape index (κ3) is 11.0. The van der Waals surface area contributed by atoms with Gasteiger partial charge in [-0.2, -0.15) is 0 Å². The second-order valence-corrected chi connectivity index (χ2v) is 12.6. The molecule has 178 valence electrons. The Balaban J connectivity index is 1.51. The Labute approximate surface area is 191 Å². The summed E-state index contributed by atoms with van der Waals surface area (Å²) < 4.78 is 0. The van der Waals surface area contributed by atoms with E-state index in [0.717, 1.165) is 41.4 Å². The first-order valence-corrected chi connectivity index (χ1v) is 14.4. The molecule has 0 aliphatic heterocycles. The number of rotatable bonds is 18. The van der Waals surface area contributed by atoms with Crippen molar-refractivity contribution >= 4 is 0 Å². The standard InChI is InChI=1S/C30H58/c1-24(2)12-8-15-25(3)13-6-7-14-26(4)16-9-17-27(5)30(22-28-18-10-19-28)23-29-20-11-21-29/h24-30H,6-23H2,1-5H3. The van der Waals surface area contributed by atoms with Crippen molar-refractivity contribution in [3.63, 3.8) is 0 Å². The predicted octanol–water partition coefficient (Wildman–Crippen LogP) is 10.4. The highest BCUT2D eigenvalue weighted by Crippen LogP contribution is 2.42. The Bertz CT molecular complexity index is 386. The lowest BCUT2D eigenvalue weighted by molar-refractivity contribution is 0.147. The zero-order valence-electron chi connectivity index (χ0n) is 21.8. The largest absolute Gasteiger partial charge is 0.0628 e. The first kappa shape index (κ1) is 26.3. The van der Waals surface area contributed by atoms with Crippen molar-refractivity contribution < 1.29 is 0 Å². The van der Waals surface area contributed by atoms with Gasteiger partial charge in [-0.25, -0.2) is 0 Å². The van der Waals surface area contributed by atoms with Crippen LogP contribution in [0, 0.1) is 41.4 Å². The van der Waals surface area contributed by atoms with Gasteiger partial charge in [0.2, 0.25) is 0 Å². The number of unbranched alkanes of at least 4 members (excludes halogenated alkanes) is 1. The first-order valence-electron chi connectivity index (χ1n) is 14.4. The van der Waals surface area contributed by atoms with Gasteiger partial charge < -0.3 is 0 Å². The van der Waals surface area contributed by atoms with Crippen molar-refractivity contribution in [3.05, 3.63) is 0 Å². The molecule has 2 rings (SSSR count). The van der Waals surface area contributed by atoms with E-state index in [0.29, 0.717) is 0 Å². The smallest absolute Gasteiger partial charge is 0.0383 e. The second-order valence-electron chi connectivity index (χ2n) is 12.6. The molecule has 0 bridgehead atoms. The zero-order valence-corrected chi connectivity index (χ0v) is 21.8. The lowest BCUT2D eigenvalue weighted by Gasteiger charge is -2.37. The van der Waals surface area contributed by atoms with Crippen molar-refractivity contribution in [2.45, 2.75) is 150 Å². The molecular weight excluding hydrogens is 360 g/mol. The third-order valence-corrected chi connectivity index (χ3v) is 9.01. The van der Waals surface area contributed by atoms with Crippen molar-refractivity contribution in [1.82, 2.24) is 0 Å². The molecule has 30 heavy (non-hydrogen) atoms. The molecule has 0 aromatic carbocycles. The Morgan fingerprint density at radius 1 is 0.533 bits per heavy atom.